The van der Waals surface area contributed by atoms with E-state index in [2.05, 4.69) is 26.0 Å². The zero-order chi connectivity index (χ0) is 14.4. The van der Waals surface area contributed by atoms with Crippen LogP contribution in [-0.4, -0.2) is 39.6 Å². The summed E-state index contributed by atoms with van der Waals surface area (Å²) in [6.45, 7) is 5.36. The molecular weight excluding hydrogens is 254 g/mol. The molecule has 6 nitrogen and oxygen atoms in total. The fourth-order valence-electron chi connectivity index (χ4n) is 2.23. The van der Waals surface area contributed by atoms with Gasteiger partial charge in [0.15, 0.2) is 0 Å². The first-order valence-corrected chi connectivity index (χ1v) is 6.90. The van der Waals surface area contributed by atoms with Crippen LogP contribution in [0.2, 0.25) is 0 Å². The van der Waals surface area contributed by atoms with Crippen molar-refractivity contribution in [3.63, 3.8) is 0 Å². The summed E-state index contributed by atoms with van der Waals surface area (Å²) in [5.74, 6) is 1.05. The van der Waals surface area contributed by atoms with E-state index >= 15 is 0 Å². The van der Waals surface area contributed by atoms with Crippen LogP contribution in [0.15, 0.2) is 18.5 Å². The van der Waals surface area contributed by atoms with Gasteiger partial charge in [-0.25, -0.2) is 4.98 Å². The average molecular weight is 277 g/mol. The van der Waals surface area contributed by atoms with Gasteiger partial charge < -0.3 is 14.6 Å². The van der Waals surface area contributed by atoms with Crippen LogP contribution in [0.3, 0.4) is 0 Å². The lowest BCUT2D eigenvalue weighted by atomic mass is 10.3. The number of hydrogen-bond donors (Lipinski definition) is 1. The highest BCUT2D eigenvalue weighted by atomic mass is 16.5. The Balaban J connectivity index is 1.93. The van der Waals surface area contributed by atoms with E-state index in [0.717, 1.165) is 38.5 Å². The summed E-state index contributed by atoms with van der Waals surface area (Å²) in [6, 6.07) is 2.06. The van der Waals surface area contributed by atoms with Crippen molar-refractivity contribution in [2.75, 3.05) is 20.3 Å². The van der Waals surface area contributed by atoms with Crippen molar-refractivity contribution in [2.24, 2.45) is 7.05 Å². The van der Waals surface area contributed by atoms with Gasteiger partial charge in [0.2, 0.25) is 0 Å². The molecule has 0 amide bonds. The molecule has 2 rings (SSSR count). The molecule has 2 aromatic rings. The molecule has 0 bridgehead atoms. The maximum atomic E-state index is 5.03. The molecule has 0 radical (unpaired) electrons. The molecule has 0 aliphatic carbocycles. The van der Waals surface area contributed by atoms with Crippen LogP contribution in [0.4, 0.5) is 0 Å². The Labute approximate surface area is 119 Å². The number of imidazole rings is 1. The predicted molar refractivity (Wildman–Crippen MR) is 77.5 cm³/mol. The maximum absolute atomic E-state index is 5.03. The Hall–Kier alpha value is -1.66. The summed E-state index contributed by atoms with van der Waals surface area (Å²) in [7, 11) is 3.69. The first-order chi connectivity index (χ1) is 9.72. The van der Waals surface area contributed by atoms with Gasteiger partial charge >= 0.3 is 0 Å². The smallest absolute Gasteiger partial charge is 0.105 e. The van der Waals surface area contributed by atoms with Crippen molar-refractivity contribution >= 4 is 0 Å². The zero-order valence-corrected chi connectivity index (χ0v) is 12.5. The molecule has 0 fully saturated rings. The fourth-order valence-corrected chi connectivity index (χ4v) is 2.23. The summed E-state index contributed by atoms with van der Waals surface area (Å²) in [4.78, 5) is 4.41. The molecule has 0 spiro atoms. The summed E-state index contributed by atoms with van der Waals surface area (Å²) in [5, 5.41) is 7.55. The summed E-state index contributed by atoms with van der Waals surface area (Å²) < 4.78 is 9.21. The average Bonchev–Trinajstić information content (AvgIpc) is 2.99. The lowest BCUT2D eigenvalue weighted by molar-refractivity contribution is 0.199. The quantitative estimate of drug-likeness (QED) is 0.729. The van der Waals surface area contributed by atoms with Gasteiger partial charge in [-0.15, -0.1) is 0 Å². The summed E-state index contributed by atoms with van der Waals surface area (Å²) >= 11 is 0. The standard InChI is InChI=1S/C14H23N5O/c1-12-16-11-14(10-15-7-9-20-3)19(12)8-5-13-4-6-17-18(13)2/h4,6,11,15H,5,7-10H2,1-3H3. The molecule has 2 aromatic heterocycles. The van der Waals surface area contributed by atoms with Crippen molar-refractivity contribution in [2.45, 2.75) is 26.4 Å². The van der Waals surface area contributed by atoms with Crippen molar-refractivity contribution < 1.29 is 4.74 Å². The second-order valence-electron chi connectivity index (χ2n) is 4.81. The molecule has 0 aromatic carbocycles. The molecule has 6 heteroatoms. The van der Waals surface area contributed by atoms with E-state index in [1.54, 1.807) is 7.11 Å². The Bertz CT molecular complexity index is 531. The third-order valence-corrected chi connectivity index (χ3v) is 3.44. The molecule has 20 heavy (non-hydrogen) atoms. The summed E-state index contributed by atoms with van der Waals surface area (Å²) in [5.41, 5.74) is 2.44. The van der Waals surface area contributed by atoms with Crippen LogP contribution in [0.5, 0.6) is 0 Å². The van der Waals surface area contributed by atoms with Gasteiger partial charge in [-0.1, -0.05) is 0 Å². The second-order valence-corrected chi connectivity index (χ2v) is 4.81. The second kappa shape index (κ2) is 7.21. The molecule has 0 unspecified atom stereocenters. The molecule has 0 atom stereocenters. The van der Waals surface area contributed by atoms with Gasteiger partial charge in [0.25, 0.3) is 0 Å². The zero-order valence-electron chi connectivity index (χ0n) is 12.5. The third-order valence-electron chi connectivity index (χ3n) is 3.44. The van der Waals surface area contributed by atoms with E-state index in [0.29, 0.717) is 0 Å². The number of aryl methyl sites for hydroxylation is 3. The minimum absolute atomic E-state index is 0.724. The van der Waals surface area contributed by atoms with Crippen molar-refractivity contribution in [3.05, 3.63) is 35.7 Å². The lowest BCUT2D eigenvalue weighted by Crippen LogP contribution is -2.21. The predicted octanol–water partition coefficient (Wildman–Crippen LogP) is 0.904. The van der Waals surface area contributed by atoms with E-state index in [1.807, 2.05) is 31.0 Å². The molecule has 0 aliphatic heterocycles. The van der Waals surface area contributed by atoms with Crippen LogP contribution < -0.4 is 5.32 Å². The Kier molecular flexibility index (Phi) is 5.31. The van der Waals surface area contributed by atoms with Gasteiger partial charge in [-0.3, -0.25) is 4.68 Å². The molecule has 0 aliphatic rings. The van der Waals surface area contributed by atoms with Crippen LogP contribution in [-0.2, 0) is 31.3 Å². The van der Waals surface area contributed by atoms with E-state index in [1.165, 1.54) is 11.4 Å². The minimum atomic E-state index is 0.724. The highest BCUT2D eigenvalue weighted by molar-refractivity contribution is 5.06. The van der Waals surface area contributed by atoms with Crippen LogP contribution in [0.1, 0.15) is 17.2 Å². The number of hydrogen-bond acceptors (Lipinski definition) is 4. The summed E-state index contributed by atoms with van der Waals surface area (Å²) in [6.07, 6.45) is 4.74. The number of rotatable bonds is 8. The Morgan fingerprint density at radius 3 is 2.90 bits per heavy atom. The fraction of sp³-hybridized carbons (Fsp3) is 0.571. The molecule has 2 heterocycles. The molecule has 0 saturated heterocycles. The first-order valence-electron chi connectivity index (χ1n) is 6.90. The molecular formula is C14H23N5O. The van der Waals surface area contributed by atoms with E-state index < -0.39 is 0 Å². The number of nitrogens with zero attached hydrogens (tertiary/aromatic N) is 4. The topological polar surface area (TPSA) is 56.9 Å². The molecule has 110 valence electrons. The third kappa shape index (κ3) is 3.68. The Morgan fingerprint density at radius 2 is 2.20 bits per heavy atom. The van der Waals surface area contributed by atoms with Gasteiger partial charge in [0, 0.05) is 58.3 Å². The van der Waals surface area contributed by atoms with Crippen LogP contribution >= 0.6 is 0 Å². The highest BCUT2D eigenvalue weighted by Gasteiger charge is 2.07. The van der Waals surface area contributed by atoms with Crippen LogP contribution in [0.25, 0.3) is 0 Å². The van der Waals surface area contributed by atoms with Gasteiger partial charge in [-0.05, 0) is 13.0 Å². The maximum Gasteiger partial charge on any atom is 0.105 e. The first kappa shape index (κ1) is 14.7. The van der Waals surface area contributed by atoms with E-state index in [-0.39, 0.29) is 0 Å². The number of nitrogens with one attached hydrogen (secondary N) is 1. The number of methoxy groups -OCH3 is 1. The normalized spacial score (nSPS) is 11.2. The van der Waals surface area contributed by atoms with Crippen molar-refractivity contribution in [3.8, 4) is 0 Å². The molecule has 0 saturated carbocycles. The number of aromatic nitrogens is 4. The lowest BCUT2D eigenvalue weighted by Gasteiger charge is -2.11. The minimum Gasteiger partial charge on any atom is -0.383 e. The van der Waals surface area contributed by atoms with Gasteiger partial charge in [-0.2, -0.15) is 5.10 Å². The van der Waals surface area contributed by atoms with Crippen molar-refractivity contribution in [1.29, 1.82) is 0 Å². The van der Waals surface area contributed by atoms with Crippen LogP contribution in [0, 0.1) is 6.92 Å². The monoisotopic (exact) mass is 277 g/mol. The van der Waals surface area contributed by atoms with E-state index in [9.17, 15) is 0 Å². The van der Waals surface area contributed by atoms with Gasteiger partial charge in [0.1, 0.15) is 5.82 Å². The highest BCUT2D eigenvalue weighted by Crippen LogP contribution is 2.07. The van der Waals surface area contributed by atoms with Gasteiger partial charge in [0.05, 0.1) is 12.3 Å². The van der Waals surface area contributed by atoms with Crippen molar-refractivity contribution in [1.82, 2.24) is 24.6 Å². The SMILES string of the molecule is COCCNCc1cnc(C)n1CCc1ccnn1C. The van der Waals surface area contributed by atoms with E-state index in [4.69, 9.17) is 4.74 Å². The Morgan fingerprint density at radius 1 is 1.35 bits per heavy atom. The molecule has 1 N–H and O–H groups in total. The largest absolute Gasteiger partial charge is 0.383 e. The number of ether oxygens (including phenoxy) is 1.